The molecule has 1 heterocycles. The molecule has 0 bridgehead atoms. The number of nitrogens with zero attached hydrogens (tertiary/aromatic N) is 3. The second-order valence-electron chi connectivity index (χ2n) is 6.70. The average Bonchev–Trinajstić information content (AvgIpc) is 2.77. The quantitative estimate of drug-likeness (QED) is 0.292. The number of carbonyl (C=O) groups excluding carboxylic acids is 1. The number of unbranched alkanes of at least 4 members (excludes halogenated alkanes) is 1. The van der Waals surface area contributed by atoms with Gasteiger partial charge in [-0.05, 0) is 54.8 Å². The molecule has 1 amide bonds. The number of rotatable bonds is 9. The van der Waals surface area contributed by atoms with E-state index in [2.05, 4.69) is 22.4 Å². The molecule has 1 aromatic heterocycles. The van der Waals surface area contributed by atoms with Crippen LogP contribution in [-0.2, 0) is 11.2 Å². The molecule has 8 heteroatoms. The first-order valence-corrected chi connectivity index (χ1v) is 10.6. The molecule has 3 aromatic rings. The molecule has 0 aliphatic heterocycles. The highest BCUT2D eigenvalue weighted by Crippen LogP contribution is 2.22. The topological polar surface area (TPSA) is 98.0 Å². The maximum absolute atomic E-state index is 12.2. The van der Waals surface area contributed by atoms with E-state index in [1.54, 1.807) is 24.3 Å². The fourth-order valence-corrected chi connectivity index (χ4v) is 3.39. The molecule has 30 heavy (non-hydrogen) atoms. The van der Waals surface area contributed by atoms with Gasteiger partial charge in [-0.1, -0.05) is 37.2 Å². The van der Waals surface area contributed by atoms with Gasteiger partial charge in [0.2, 0.25) is 5.91 Å². The molecule has 0 saturated carbocycles. The molecule has 0 radical (unpaired) electrons. The first-order chi connectivity index (χ1) is 14.5. The van der Waals surface area contributed by atoms with Gasteiger partial charge in [0.05, 0.1) is 16.4 Å². The number of nitro benzene ring substituents is 1. The molecule has 0 saturated heterocycles. The Morgan fingerprint density at radius 2 is 1.77 bits per heavy atom. The van der Waals surface area contributed by atoms with E-state index in [0.717, 1.165) is 30.5 Å². The third-order valence-electron chi connectivity index (χ3n) is 4.42. The van der Waals surface area contributed by atoms with Crippen molar-refractivity contribution < 1.29 is 9.72 Å². The summed E-state index contributed by atoms with van der Waals surface area (Å²) in [5.41, 5.74) is 3.43. The van der Waals surface area contributed by atoms with E-state index >= 15 is 0 Å². The van der Waals surface area contributed by atoms with Crippen molar-refractivity contribution in [2.45, 2.75) is 31.2 Å². The second kappa shape index (κ2) is 10.5. The third-order valence-corrected chi connectivity index (χ3v) is 5.34. The Morgan fingerprint density at radius 1 is 1.03 bits per heavy atom. The number of thioether (sulfide) groups is 1. The van der Waals surface area contributed by atoms with Crippen LogP contribution >= 0.6 is 11.8 Å². The summed E-state index contributed by atoms with van der Waals surface area (Å²) in [6.45, 7) is 2.17. The van der Waals surface area contributed by atoms with Crippen LogP contribution in [0.2, 0.25) is 0 Å². The van der Waals surface area contributed by atoms with Crippen molar-refractivity contribution in [3.63, 3.8) is 0 Å². The van der Waals surface area contributed by atoms with Gasteiger partial charge in [-0.2, -0.15) is 0 Å². The lowest BCUT2D eigenvalue weighted by Crippen LogP contribution is -2.14. The lowest BCUT2D eigenvalue weighted by atomic mass is 10.1. The average molecular weight is 423 g/mol. The van der Waals surface area contributed by atoms with Crippen LogP contribution in [0, 0.1) is 10.1 Å². The molecule has 0 fully saturated rings. The number of benzene rings is 2. The molecule has 0 aliphatic carbocycles. The minimum atomic E-state index is -0.443. The Hall–Kier alpha value is -3.26. The highest BCUT2D eigenvalue weighted by molar-refractivity contribution is 7.99. The fourth-order valence-electron chi connectivity index (χ4n) is 2.78. The molecule has 0 atom stereocenters. The summed E-state index contributed by atoms with van der Waals surface area (Å²) in [7, 11) is 0. The number of nitro groups is 1. The largest absolute Gasteiger partial charge is 0.325 e. The molecule has 0 unspecified atom stereocenters. The standard InChI is InChI=1S/C22H22N4O3S/c1-2-3-4-16-5-9-18(10-6-16)23-21(27)15-30-22-14-13-20(24-25-22)17-7-11-19(12-8-17)26(28)29/h5-14H,2-4,15H2,1H3,(H,23,27). The number of hydrogen-bond acceptors (Lipinski definition) is 6. The number of amides is 1. The lowest BCUT2D eigenvalue weighted by molar-refractivity contribution is -0.384. The fraction of sp³-hybridized carbons (Fsp3) is 0.227. The number of aryl methyl sites for hydroxylation is 1. The first-order valence-electron chi connectivity index (χ1n) is 9.65. The molecular weight excluding hydrogens is 400 g/mol. The summed E-state index contributed by atoms with van der Waals surface area (Å²) in [6, 6.07) is 17.6. The number of aromatic nitrogens is 2. The molecule has 154 valence electrons. The SMILES string of the molecule is CCCCc1ccc(NC(=O)CSc2ccc(-c3ccc([N+](=O)[O-])cc3)nn2)cc1. The zero-order valence-electron chi connectivity index (χ0n) is 16.6. The van der Waals surface area contributed by atoms with E-state index in [-0.39, 0.29) is 17.3 Å². The van der Waals surface area contributed by atoms with E-state index in [9.17, 15) is 14.9 Å². The zero-order chi connectivity index (χ0) is 21.3. The Labute approximate surface area is 179 Å². The van der Waals surface area contributed by atoms with Crippen LogP contribution in [0.25, 0.3) is 11.3 Å². The molecule has 7 nitrogen and oxygen atoms in total. The maximum atomic E-state index is 12.2. The molecular formula is C22H22N4O3S. The highest BCUT2D eigenvalue weighted by atomic mass is 32.2. The van der Waals surface area contributed by atoms with Crippen LogP contribution in [-0.4, -0.2) is 26.8 Å². The number of nitrogens with one attached hydrogen (secondary N) is 1. The van der Waals surface area contributed by atoms with E-state index in [4.69, 9.17) is 0 Å². The minimum absolute atomic E-state index is 0.0282. The van der Waals surface area contributed by atoms with Gasteiger partial charge in [0.25, 0.3) is 5.69 Å². The lowest BCUT2D eigenvalue weighted by Gasteiger charge is -2.06. The number of hydrogen-bond donors (Lipinski definition) is 1. The van der Waals surface area contributed by atoms with Crippen LogP contribution in [0.1, 0.15) is 25.3 Å². The molecule has 2 aromatic carbocycles. The molecule has 1 N–H and O–H groups in total. The van der Waals surface area contributed by atoms with Gasteiger partial charge in [0.15, 0.2) is 0 Å². The normalized spacial score (nSPS) is 10.6. The van der Waals surface area contributed by atoms with Crippen molar-refractivity contribution in [2.75, 3.05) is 11.1 Å². The second-order valence-corrected chi connectivity index (χ2v) is 7.69. The highest BCUT2D eigenvalue weighted by Gasteiger charge is 2.08. The summed E-state index contributed by atoms with van der Waals surface area (Å²) < 4.78 is 0. The Bertz CT molecular complexity index is 990. The molecule has 0 aliphatic rings. The maximum Gasteiger partial charge on any atom is 0.269 e. The summed E-state index contributed by atoms with van der Waals surface area (Å²) in [4.78, 5) is 22.5. The Kier molecular flexibility index (Phi) is 7.51. The molecule has 3 rings (SSSR count). The minimum Gasteiger partial charge on any atom is -0.325 e. The van der Waals surface area contributed by atoms with Crippen LogP contribution in [0.4, 0.5) is 11.4 Å². The van der Waals surface area contributed by atoms with E-state index in [1.165, 1.54) is 29.5 Å². The number of non-ortho nitro benzene ring substituents is 1. The van der Waals surface area contributed by atoms with E-state index in [1.807, 2.05) is 24.3 Å². The van der Waals surface area contributed by atoms with Crippen molar-refractivity contribution in [2.24, 2.45) is 0 Å². The van der Waals surface area contributed by atoms with Gasteiger partial charge in [-0.25, -0.2) is 0 Å². The summed E-state index contributed by atoms with van der Waals surface area (Å²) in [6.07, 6.45) is 3.37. The van der Waals surface area contributed by atoms with Gasteiger partial charge in [0.1, 0.15) is 5.03 Å². The van der Waals surface area contributed by atoms with Crippen molar-refractivity contribution in [1.29, 1.82) is 0 Å². The Balaban J connectivity index is 1.50. The first kappa shape index (κ1) is 21.4. The van der Waals surface area contributed by atoms with Crippen LogP contribution in [0.3, 0.4) is 0 Å². The summed E-state index contributed by atoms with van der Waals surface area (Å²) in [5.74, 6) is 0.117. The van der Waals surface area contributed by atoms with E-state index in [0.29, 0.717) is 10.7 Å². The number of carbonyl (C=O) groups is 1. The van der Waals surface area contributed by atoms with Crippen LogP contribution < -0.4 is 5.32 Å². The van der Waals surface area contributed by atoms with Gasteiger partial charge in [-0.15, -0.1) is 10.2 Å². The predicted octanol–water partition coefficient (Wildman–Crippen LogP) is 5.13. The predicted molar refractivity (Wildman–Crippen MR) is 119 cm³/mol. The van der Waals surface area contributed by atoms with Crippen LogP contribution in [0.15, 0.2) is 65.7 Å². The van der Waals surface area contributed by atoms with Crippen molar-refractivity contribution in [3.05, 3.63) is 76.3 Å². The monoisotopic (exact) mass is 422 g/mol. The Morgan fingerprint density at radius 3 is 2.37 bits per heavy atom. The van der Waals surface area contributed by atoms with Crippen molar-refractivity contribution in [3.8, 4) is 11.3 Å². The van der Waals surface area contributed by atoms with Gasteiger partial charge in [-0.3, -0.25) is 14.9 Å². The van der Waals surface area contributed by atoms with Gasteiger partial charge in [0, 0.05) is 23.4 Å². The van der Waals surface area contributed by atoms with Gasteiger partial charge < -0.3 is 5.32 Å². The molecule has 0 spiro atoms. The van der Waals surface area contributed by atoms with Crippen molar-refractivity contribution in [1.82, 2.24) is 10.2 Å². The number of anilines is 1. The van der Waals surface area contributed by atoms with Crippen molar-refractivity contribution >= 4 is 29.0 Å². The van der Waals surface area contributed by atoms with E-state index < -0.39 is 4.92 Å². The van der Waals surface area contributed by atoms with Crippen LogP contribution in [0.5, 0.6) is 0 Å². The third kappa shape index (κ3) is 6.12. The smallest absolute Gasteiger partial charge is 0.269 e. The zero-order valence-corrected chi connectivity index (χ0v) is 17.4. The van der Waals surface area contributed by atoms with Gasteiger partial charge >= 0.3 is 0 Å². The summed E-state index contributed by atoms with van der Waals surface area (Å²) in [5, 5.41) is 22.5. The summed E-state index contributed by atoms with van der Waals surface area (Å²) >= 11 is 1.30.